The molecule has 1 saturated carbocycles. The van der Waals surface area contributed by atoms with Gasteiger partial charge in [-0.3, -0.25) is 0 Å². The summed E-state index contributed by atoms with van der Waals surface area (Å²) in [6, 6.07) is -0.117. The zero-order valence-corrected chi connectivity index (χ0v) is 9.20. The molecule has 2 rings (SSSR count). The molecule has 0 amide bonds. The maximum Gasteiger partial charge on any atom is 0.391 e. The van der Waals surface area contributed by atoms with Crippen LogP contribution in [0.2, 0.25) is 0 Å². The second kappa shape index (κ2) is 5.03. The number of nitrogens with one attached hydrogen (secondary N) is 1. The summed E-state index contributed by atoms with van der Waals surface area (Å²) in [5.41, 5.74) is 0. The third kappa shape index (κ3) is 3.42. The third-order valence-electron chi connectivity index (χ3n) is 3.09. The SMILES string of the molecule is FC(F)(F)C1CCCC(NCc2ncon2)C1. The molecule has 1 aromatic heterocycles. The van der Waals surface area contributed by atoms with Crippen molar-refractivity contribution in [3.8, 4) is 0 Å². The van der Waals surface area contributed by atoms with Gasteiger partial charge in [0.25, 0.3) is 0 Å². The Labute approximate surface area is 96.6 Å². The van der Waals surface area contributed by atoms with Crippen LogP contribution in [-0.2, 0) is 6.54 Å². The normalized spacial score (nSPS) is 26.1. The minimum Gasteiger partial charge on any atom is -0.343 e. The summed E-state index contributed by atoms with van der Waals surface area (Å²) in [7, 11) is 0. The number of alkyl halides is 3. The minimum absolute atomic E-state index is 0.117. The van der Waals surface area contributed by atoms with Crippen molar-refractivity contribution < 1.29 is 17.7 Å². The summed E-state index contributed by atoms with van der Waals surface area (Å²) in [5.74, 6) is -0.710. The Hall–Kier alpha value is -1.11. The topological polar surface area (TPSA) is 51.0 Å². The molecule has 1 fully saturated rings. The highest BCUT2D eigenvalue weighted by molar-refractivity contribution is 4.84. The molecule has 1 aliphatic rings. The van der Waals surface area contributed by atoms with Gasteiger partial charge in [-0.2, -0.15) is 18.2 Å². The molecule has 0 radical (unpaired) electrons. The molecule has 0 aromatic carbocycles. The summed E-state index contributed by atoms with van der Waals surface area (Å²) in [6.07, 6.45) is -1.12. The molecule has 96 valence electrons. The first kappa shape index (κ1) is 12.3. The van der Waals surface area contributed by atoms with E-state index < -0.39 is 12.1 Å². The number of aromatic nitrogens is 2. The maximum atomic E-state index is 12.6. The average Bonchev–Trinajstić information content (AvgIpc) is 2.78. The molecule has 1 aliphatic carbocycles. The van der Waals surface area contributed by atoms with Crippen molar-refractivity contribution in [1.29, 1.82) is 0 Å². The van der Waals surface area contributed by atoms with Crippen LogP contribution in [0.1, 0.15) is 31.5 Å². The van der Waals surface area contributed by atoms with Crippen LogP contribution in [0.4, 0.5) is 13.2 Å². The first-order valence-corrected chi connectivity index (χ1v) is 5.61. The molecule has 7 heteroatoms. The van der Waals surface area contributed by atoms with Crippen LogP contribution in [0.25, 0.3) is 0 Å². The molecule has 0 saturated heterocycles. The van der Waals surface area contributed by atoms with Crippen LogP contribution in [0.5, 0.6) is 0 Å². The molecule has 1 heterocycles. The zero-order chi connectivity index (χ0) is 12.3. The van der Waals surface area contributed by atoms with Crippen molar-refractivity contribution >= 4 is 0 Å². The quantitative estimate of drug-likeness (QED) is 0.892. The second-order valence-corrected chi connectivity index (χ2v) is 4.33. The van der Waals surface area contributed by atoms with E-state index in [-0.39, 0.29) is 18.9 Å². The first-order chi connectivity index (χ1) is 8.05. The van der Waals surface area contributed by atoms with Gasteiger partial charge in [-0.15, -0.1) is 0 Å². The summed E-state index contributed by atoms with van der Waals surface area (Å²) in [4.78, 5) is 3.81. The van der Waals surface area contributed by atoms with Gasteiger partial charge in [-0.25, -0.2) is 0 Å². The average molecular weight is 249 g/mol. The van der Waals surface area contributed by atoms with Gasteiger partial charge in [0.15, 0.2) is 5.82 Å². The van der Waals surface area contributed by atoms with E-state index in [1.807, 2.05) is 0 Å². The van der Waals surface area contributed by atoms with Gasteiger partial charge in [0.2, 0.25) is 6.39 Å². The van der Waals surface area contributed by atoms with Crippen LogP contribution in [-0.4, -0.2) is 22.4 Å². The van der Waals surface area contributed by atoms with Crippen molar-refractivity contribution in [3.63, 3.8) is 0 Å². The Bertz CT molecular complexity index is 339. The van der Waals surface area contributed by atoms with Crippen molar-refractivity contribution in [3.05, 3.63) is 12.2 Å². The Morgan fingerprint density at radius 3 is 2.88 bits per heavy atom. The fourth-order valence-corrected chi connectivity index (χ4v) is 2.18. The van der Waals surface area contributed by atoms with Gasteiger partial charge in [0.05, 0.1) is 12.5 Å². The summed E-state index contributed by atoms with van der Waals surface area (Å²) < 4.78 is 42.2. The van der Waals surface area contributed by atoms with Gasteiger partial charge in [0.1, 0.15) is 0 Å². The third-order valence-corrected chi connectivity index (χ3v) is 3.09. The van der Waals surface area contributed by atoms with E-state index in [0.717, 1.165) is 6.42 Å². The van der Waals surface area contributed by atoms with Crippen LogP contribution >= 0.6 is 0 Å². The Morgan fingerprint density at radius 1 is 1.41 bits per heavy atom. The van der Waals surface area contributed by atoms with E-state index >= 15 is 0 Å². The Morgan fingerprint density at radius 2 is 2.24 bits per heavy atom. The number of halogens is 3. The predicted molar refractivity (Wildman–Crippen MR) is 52.9 cm³/mol. The van der Waals surface area contributed by atoms with Gasteiger partial charge in [-0.05, 0) is 19.3 Å². The highest BCUT2D eigenvalue weighted by Gasteiger charge is 2.41. The zero-order valence-electron chi connectivity index (χ0n) is 9.20. The van der Waals surface area contributed by atoms with Gasteiger partial charge < -0.3 is 9.84 Å². The lowest BCUT2D eigenvalue weighted by atomic mass is 9.85. The highest BCUT2D eigenvalue weighted by Crippen LogP contribution is 2.37. The van der Waals surface area contributed by atoms with E-state index in [1.165, 1.54) is 6.39 Å². The number of hydrogen-bond acceptors (Lipinski definition) is 4. The summed E-state index contributed by atoms with van der Waals surface area (Å²) >= 11 is 0. The van der Waals surface area contributed by atoms with Gasteiger partial charge >= 0.3 is 6.18 Å². The van der Waals surface area contributed by atoms with E-state index in [4.69, 9.17) is 0 Å². The van der Waals surface area contributed by atoms with E-state index in [0.29, 0.717) is 18.8 Å². The standard InChI is InChI=1S/C10H14F3N3O/c11-10(12,13)7-2-1-3-8(4-7)14-5-9-15-6-17-16-9/h6-8,14H,1-5H2. The lowest BCUT2D eigenvalue weighted by molar-refractivity contribution is -0.183. The molecule has 2 unspecified atom stereocenters. The maximum absolute atomic E-state index is 12.6. The molecule has 1 N–H and O–H groups in total. The molecule has 1 aromatic rings. The molecule has 0 bridgehead atoms. The number of hydrogen-bond donors (Lipinski definition) is 1. The molecule has 17 heavy (non-hydrogen) atoms. The van der Waals surface area contributed by atoms with Crippen LogP contribution in [0, 0.1) is 5.92 Å². The van der Waals surface area contributed by atoms with Crippen LogP contribution in [0.15, 0.2) is 10.9 Å². The van der Waals surface area contributed by atoms with Crippen molar-refractivity contribution in [2.24, 2.45) is 5.92 Å². The van der Waals surface area contributed by atoms with Crippen molar-refractivity contribution in [1.82, 2.24) is 15.5 Å². The van der Waals surface area contributed by atoms with Crippen molar-refractivity contribution in [2.45, 2.75) is 44.4 Å². The highest BCUT2D eigenvalue weighted by atomic mass is 19.4. The van der Waals surface area contributed by atoms with E-state index in [2.05, 4.69) is 20.0 Å². The van der Waals surface area contributed by atoms with Crippen molar-refractivity contribution in [2.75, 3.05) is 0 Å². The Kier molecular flexibility index (Phi) is 3.66. The number of nitrogens with zero attached hydrogens (tertiary/aromatic N) is 2. The molecular formula is C10H14F3N3O. The largest absolute Gasteiger partial charge is 0.391 e. The molecule has 0 aliphatic heterocycles. The number of rotatable bonds is 3. The summed E-state index contributed by atoms with van der Waals surface area (Å²) in [6.45, 7) is 0.353. The monoisotopic (exact) mass is 249 g/mol. The Balaban J connectivity index is 1.81. The first-order valence-electron chi connectivity index (χ1n) is 5.61. The molecular weight excluding hydrogens is 235 g/mol. The fraction of sp³-hybridized carbons (Fsp3) is 0.800. The minimum atomic E-state index is -4.08. The lowest BCUT2D eigenvalue weighted by Crippen LogP contribution is -2.38. The lowest BCUT2D eigenvalue weighted by Gasteiger charge is -2.30. The van der Waals surface area contributed by atoms with Gasteiger partial charge in [-0.1, -0.05) is 11.6 Å². The molecule has 2 atom stereocenters. The van der Waals surface area contributed by atoms with E-state index in [9.17, 15) is 13.2 Å². The predicted octanol–water partition coefficient (Wildman–Crippen LogP) is 2.28. The second-order valence-electron chi connectivity index (χ2n) is 4.33. The summed E-state index contributed by atoms with van der Waals surface area (Å²) in [5, 5.41) is 6.64. The molecule has 4 nitrogen and oxygen atoms in total. The van der Waals surface area contributed by atoms with Crippen LogP contribution in [0.3, 0.4) is 0 Å². The fourth-order valence-electron chi connectivity index (χ4n) is 2.18. The smallest absolute Gasteiger partial charge is 0.343 e. The van der Waals surface area contributed by atoms with Gasteiger partial charge in [0, 0.05) is 6.04 Å². The van der Waals surface area contributed by atoms with E-state index in [1.54, 1.807) is 0 Å². The molecule has 0 spiro atoms. The van der Waals surface area contributed by atoms with Crippen LogP contribution < -0.4 is 5.32 Å².